The van der Waals surface area contributed by atoms with Crippen molar-refractivity contribution in [2.45, 2.75) is 46.0 Å². The molecule has 0 aliphatic heterocycles. The molecule has 0 atom stereocenters. The van der Waals surface area contributed by atoms with Crippen LogP contribution in [0.25, 0.3) is 0 Å². The highest BCUT2D eigenvalue weighted by Crippen LogP contribution is 2.23. The van der Waals surface area contributed by atoms with Crippen molar-refractivity contribution in [1.29, 1.82) is 0 Å². The zero-order valence-electron chi connectivity index (χ0n) is 23.1. The van der Waals surface area contributed by atoms with E-state index in [0.29, 0.717) is 0 Å². The Bertz CT molecular complexity index is 1530. The van der Waals surface area contributed by atoms with E-state index in [1.807, 2.05) is 24.3 Å². The second-order valence-electron chi connectivity index (χ2n) is 10.7. The fourth-order valence-corrected chi connectivity index (χ4v) is 5.31. The lowest BCUT2D eigenvalue weighted by molar-refractivity contribution is 1.04. The van der Waals surface area contributed by atoms with Crippen molar-refractivity contribution < 1.29 is 0 Å². The van der Waals surface area contributed by atoms with Crippen LogP contribution in [0.3, 0.4) is 0 Å². The van der Waals surface area contributed by atoms with E-state index in [0.717, 1.165) is 43.5 Å². The molecule has 39 heavy (non-hydrogen) atoms. The molecule has 0 aliphatic rings. The summed E-state index contributed by atoms with van der Waals surface area (Å²) in [4.78, 5) is 0. The van der Waals surface area contributed by atoms with E-state index in [-0.39, 0.29) is 0 Å². The maximum Gasteiger partial charge on any atom is 0.0314 e. The van der Waals surface area contributed by atoms with Crippen molar-refractivity contribution in [2.24, 2.45) is 0 Å². The van der Waals surface area contributed by atoms with Crippen molar-refractivity contribution in [1.82, 2.24) is 0 Å². The average Bonchev–Trinajstić information content (AvgIpc) is 2.94. The van der Waals surface area contributed by atoms with Crippen LogP contribution >= 0.6 is 0 Å². The summed E-state index contributed by atoms with van der Waals surface area (Å²) in [6.07, 6.45) is 4.82. The molecular weight excluding hydrogens is 472 g/mol. The Morgan fingerprint density at radius 3 is 1.31 bits per heavy atom. The molecule has 5 aromatic carbocycles. The maximum absolute atomic E-state index is 5.85. The van der Waals surface area contributed by atoms with Gasteiger partial charge in [-0.2, -0.15) is 0 Å². The van der Waals surface area contributed by atoms with E-state index in [1.165, 1.54) is 55.6 Å². The van der Waals surface area contributed by atoms with Crippen LogP contribution in [0.5, 0.6) is 0 Å². The molecule has 0 unspecified atom stereocenters. The second-order valence-corrected chi connectivity index (χ2v) is 10.7. The number of hydrogen-bond acceptors (Lipinski definition) is 2. The number of aryl methyl sites for hydroxylation is 2. The first-order chi connectivity index (χ1) is 18.9. The molecular formula is C37H38N2. The van der Waals surface area contributed by atoms with Gasteiger partial charge in [-0.05, 0) is 119 Å². The molecule has 0 saturated heterocycles. The lowest BCUT2D eigenvalue weighted by atomic mass is 9.92. The lowest BCUT2D eigenvalue weighted by Crippen LogP contribution is -1.99. The minimum atomic E-state index is 0.810. The summed E-state index contributed by atoms with van der Waals surface area (Å²) in [5, 5.41) is 0. The fraction of sp³-hybridized carbons (Fsp3) is 0.189. The van der Waals surface area contributed by atoms with E-state index in [2.05, 4.69) is 98.8 Å². The lowest BCUT2D eigenvalue weighted by Gasteiger charge is -2.13. The molecule has 2 nitrogen and oxygen atoms in total. The standard InChI is InChI=1S/C37H38N2/c1-3-33-24-32(22-29-12-18-37(39)19-13-29)9-15-35(33)25-31-8-14-34(26(2)20-31)23-30-6-4-27(5-7-30)21-28-10-16-36(38)17-11-28/h4-20,24H,3,21-23,25,38-39H2,1-2H3. The first-order valence-corrected chi connectivity index (χ1v) is 13.9. The summed E-state index contributed by atoms with van der Waals surface area (Å²) >= 11 is 0. The Balaban J connectivity index is 1.23. The molecule has 0 spiro atoms. The number of hydrogen-bond donors (Lipinski definition) is 2. The molecule has 0 fully saturated rings. The van der Waals surface area contributed by atoms with Crippen LogP contribution in [0.15, 0.2) is 109 Å². The Morgan fingerprint density at radius 2 is 0.795 bits per heavy atom. The molecule has 2 heteroatoms. The minimum absolute atomic E-state index is 0.810. The average molecular weight is 511 g/mol. The third-order valence-electron chi connectivity index (χ3n) is 7.65. The highest BCUT2D eigenvalue weighted by molar-refractivity contribution is 5.44. The van der Waals surface area contributed by atoms with Gasteiger partial charge >= 0.3 is 0 Å². The van der Waals surface area contributed by atoms with E-state index in [9.17, 15) is 0 Å². The largest absolute Gasteiger partial charge is 0.399 e. The van der Waals surface area contributed by atoms with Gasteiger partial charge in [-0.1, -0.05) is 91.9 Å². The zero-order chi connectivity index (χ0) is 27.2. The van der Waals surface area contributed by atoms with Crippen molar-refractivity contribution in [3.05, 3.63) is 165 Å². The molecule has 0 aromatic heterocycles. The number of rotatable bonds is 9. The van der Waals surface area contributed by atoms with Gasteiger partial charge in [-0.15, -0.1) is 0 Å². The van der Waals surface area contributed by atoms with Gasteiger partial charge in [0.2, 0.25) is 0 Å². The number of anilines is 2. The van der Waals surface area contributed by atoms with Crippen molar-refractivity contribution in [3.8, 4) is 0 Å². The van der Waals surface area contributed by atoms with Gasteiger partial charge in [-0.25, -0.2) is 0 Å². The topological polar surface area (TPSA) is 52.0 Å². The molecule has 0 heterocycles. The number of benzene rings is 5. The summed E-state index contributed by atoms with van der Waals surface area (Å²) < 4.78 is 0. The molecule has 4 N–H and O–H groups in total. The van der Waals surface area contributed by atoms with Crippen molar-refractivity contribution >= 4 is 11.4 Å². The maximum atomic E-state index is 5.85. The molecule has 0 saturated carbocycles. The van der Waals surface area contributed by atoms with Crippen LogP contribution in [0, 0.1) is 6.92 Å². The predicted molar refractivity (Wildman–Crippen MR) is 166 cm³/mol. The molecule has 196 valence electrons. The molecule has 0 radical (unpaired) electrons. The Labute approximate surface area is 233 Å². The van der Waals surface area contributed by atoms with Crippen LogP contribution in [0.2, 0.25) is 0 Å². The highest BCUT2D eigenvalue weighted by atomic mass is 14.5. The first kappa shape index (κ1) is 26.3. The zero-order valence-corrected chi connectivity index (χ0v) is 23.1. The summed E-state index contributed by atoms with van der Waals surface area (Å²) in [7, 11) is 0. The van der Waals surface area contributed by atoms with Gasteiger partial charge in [0, 0.05) is 11.4 Å². The Hall–Kier alpha value is -4.30. The second kappa shape index (κ2) is 12.0. The molecule has 0 bridgehead atoms. The normalized spacial score (nSPS) is 11.0. The van der Waals surface area contributed by atoms with E-state index in [4.69, 9.17) is 11.5 Å². The number of nitrogens with two attached hydrogens (primary N) is 2. The Morgan fingerprint density at radius 1 is 0.410 bits per heavy atom. The third-order valence-corrected chi connectivity index (χ3v) is 7.65. The fourth-order valence-electron chi connectivity index (χ4n) is 5.31. The van der Waals surface area contributed by atoms with Crippen molar-refractivity contribution in [2.75, 3.05) is 11.5 Å². The summed E-state index contributed by atoms with van der Waals surface area (Å²) in [5.41, 5.74) is 26.9. The smallest absolute Gasteiger partial charge is 0.0314 e. The molecule has 5 aromatic rings. The predicted octanol–water partition coefficient (Wildman–Crippen LogP) is 8.09. The third kappa shape index (κ3) is 6.97. The van der Waals surface area contributed by atoms with Crippen LogP contribution in [-0.2, 0) is 32.1 Å². The van der Waals surface area contributed by atoms with Gasteiger partial charge in [0.25, 0.3) is 0 Å². The summed E-state index contributed by atoms with van der Waals surface area (Å²) in [6, 6.07) is 39.3. The quantitative estimate of drug-likeness (QED) is 0.197. The van der Waals surface area contributed by atoms with Gasteiger partial charge in [0.15, 0.2) is 0 Å². The minimum Gasteiger partial charge on any atom is -0.399 e. The summed E-state index contributed by atoms with van der Waals surface area (Å²) in [5.74, 6) is 0. The van der Waals surface area contributed by atoms with E-state index < -0.39 is 0 Å². The first-order valence-electron chi connectivity index (χ1n) is 13.9. The number of nitrogen functional groups attached to an aromatic ring is 2. The van der Waals surface area contributed by atoms with Crippen LogP contribution in [0.4, 0.5) is 11.4 Å². The SMILES string of the molecule is CCc1cc(Cc2ccc(N)cc2)ccc1Cc1ccc(Cc2ccc(Cc3ccc(N)cc3)cc2)c(C)c1. The van der Waals surface area contributed by atoms with E-state index in [1.54, 1.807) is 0 Å². The van der Waals surface area contributed by atoms with E-state index >= 15 is 0 Å². The van der Waals surface area contributed by atoms with Crippen LogP contribution in [-0.4, -0.2) is 0 Å². The summed E-state index contributed by atoms with van der Waals surface area (Å²) in [6.45, 7) is 4.49. The van der Waals surface area contributed by atoms with Gasteiger partial charge in [0.05, 0.1) is 0 Å². The Kier molecular flexibility index (Phi) is 8.13. The molecule has 0 amide bonds. The molecule has 5 rings (SSSR count). The van der Waals surface area contributed by atoms with Crippen molar-refractivity contribution in [3.63, 3.8) is 0 Å². The van der Waals surface area contributed by atoms with Gasteiger partial charge in [-0.3, -0.25) is 0 Å². The van der Waals surface area contributed by atoms with Crippen LogP contribution in [0.1, 0.15) is 62.6 Å². The van der Waals surface area contributed by atoms with Crippen LogP contribution < -0.4 is 11.5 Å². The highest BCUT2D eigenvalue weighted by Gasteiger charge is 2.08. The van der Waals surface area contributed by atoms with Gasteiger partial charge < -0.3 is 11.5 Å². The monoisotopic (exact) mass is 510 g/mol. The molecule has 0 aliphatic carbocycles. The van der Waals surface area contributed by atoms with Gasteiger partial charge in [0.1, 0.15) is 0 Å².